The maximum atomic E-state index is 13.4. The quantitative estimate of drug-likeness (QED) is 0.583. The second-order valence-electron chi connectivity index (χ2n) is 8.95. The van der Waals surface area contributed by atoms with Gasteiger partial charge in [-0.2, -0.15) is 9.78 Å². The molecule has 8 heteroatoms. The van der Waals surface area contributed by atoms with Gasteiger partial charge in [0.05, 0.1) is 18.3 Å². The molecule has 4 rings (SSSR count). The molecule has 1 N–H and O–H groups in total. The van der Waals surface area contributed by atoms with E-state index < -0.39 is 17.2 Å². The number of hydrogen-bond acceptors (Lipinski definition) is 5. The van der Waals surface area contributed by atoms with Crippen molar-refractivity contribution in [2.24, 2.45) is 0 Å². The van der Waals surface area contributed by atoms with Gasteiger partial charge in [-0.1, -0.05) is 50.2 Å². The van der Waals surface area contributed by atoms with Crippen molar-refractivity contribution in [2.75, 3.05) is 13.2 Å². The van der Waals surface area contributed by atoms with E-state index in [4.69, 9.17) is 4.74 Å². The van der Waals surface area contributed by atoms with Crippen LogP contribution < -0.4 is 16.6 Å². The molecule has 0 bridgehead atoms. The minimum atomic E-state index is -0.715. The van der Waals surface area contributed by atoms with Gasteiger partial charge in [-0.05, 0) is 54.5 Å². The van der Waals surface area contributed by atoms with Gasteiger partial charge in [0, 0.05) is 13.2 Å². The lowest BCUT2D eigenvalue weighted by Gasteiger charge is -2.15. The van der Waals surface area contributed by atoms with Crippen LogP contribution in [-0.2, 0) is 11.3 Å². The van der Waals surface area contributed by atoms with Gasteiger partial charge in [-0.15, -0.1) is 0 Å². The van der Waals surface area contributed by atoms with Crippen molar-refractivity contribution in [2.45, 2.75) is 52.2 Å². The van der Waals surface area contributed by atoms with Gasteiger partial charge in [-0.25, -0.2) is 4.79 Å². The van der Waals surface area contributed by atoms with Gasteiger partial charge >= 0.3 is 5.69 Å². The van der Waals surface area contributed by atoms with Crippen LogP contribution in [0.1, 0.15) is 59.8 Å². The van der Waals surface area contributed by atoms with E-state index in [1.54, 1.807) is 12.1 Å². The molecule has 1 amide bonds. The average molecular weight is 463 g/mol. The van der Waals surface area contributed by atoms with E-state index in [0.29, 0.717) is 24.8 Å². The number of carbonyl (C=O) groups is 1. The number of rotatable bonds is 7. The third-order valence-electron chi connectivity index (χ3n) is 6.18. The fourth-order valence-electron chi connectivity index (χ4n) is 4.02. The number of amides is 1. The second kappa shape index (κ2) is 10.2. The summed E-state index contributed by atoms with van der Waals surface area (Å²) >= 11 is 0. The molecule has 1 saturated heterocycles. The molecule has 178 valence electrons. The van der Waals surface area contributed by atoms with E-state index in [9.17, 15) is 14.4 Å². The Morgan fingerprint density at radius 3 is 2.53 bits per heavy atom. The highest BCUT2D eigenvalue weighted by Gasteiger charge is 2.23. The minimum Gasteiger partial charge on any atom is -0.376 e. The van der Waals surface area contributed by atoms with Crippen molar-refractivity contribution >= 4 is 5.91 Å². The molecule has 1 fully saturated rings. The van der Waals surface area contributed by atoms with Crippen LogP contribution in [0.15, 0.2) is 58.1 Å². The Morgan fingerprint density at radius 2 is 1.88 bits per heavy atom. The molecule has 1 aromatic heterocycles. The van der Waals surface area contributed by atoms with Crippen LogP contribution in [-0.4, -0.2) is 39.5 Å². The number of benzene rings is 2. The summed E-state index contributed by atoms with van der Waals surface area (Å²) in [6, 6.07) is 14.9. The van der Waals surface area contributed by atoms with Crippen LogP contribution >= 0.6 is 0 Å². The zero-order chi connectivity index (χ0) is 24.2. The highest BCUT2D eigenvalue weighted by molar-refractivity contribution is 5.91. The number of aryl methyl sites for hydroxylation is 1. The van der Waals surface area contributed by atoms with Gasteiger partial charge in [0.1, 0.15) is 0 Å². The Balaban J connectivity index is 1.77. The molecule has 2 aromatic carbocycles. The maximum absolute atomic E-state index is 13.4. The van der Waals surface area contributed by atoms with Gasteiger partial charge in [0.25, 0.3) is 11.5 Å². The van der Waals surface area contributed by atoms with Crippen molar-refractivity contribution in [3.05, 3.63) is 91.8 Å². The topological polar surface area (TPSA) is 95.2 Å². The Morgan fingerprint density at radius 1 is 1.15 bits per heavy atom. The van der Waals surface area contributed by atoms with Crippen molar-refractivity contribution in [3.63, 3.8) is 0 Å². The predicted molar refractivity (Wildman–Crippen MR) is 130 cm³/mol. The molecule has 34 heavy (non-hydrogen) atoms. The van der Waals surface area contributed by atoms with E-state index >= 15 is 0 Å². The summed E-state index contributed by atoms with van der Waals surface area (Å²) in [6.45, 7) is 7.08. The molecule has 0 unspecified atom stereocenters. The molecule has 2 heterocycles. The van der Waals surface area contributed by atoms with E-state index in [2.05, 4.69) is 24.3 Å². The fraction of sp³-hybridized carbons (Fsp3) is 0.385. The Bertz CT molecular complexity index is 1290. The lowest BCUT2D eigenvalue weighted by atomic mass is 10.0. The summed E-state index contributed by atoms with van der Waals surface area (Å²) in [4.78, 5) is 39.6. The minimum absolute atomic E-state index is 0.0446. The monoisotopic (exact) mass is 462 g/mol. The maximum Gasteiger partial charge on any atom is 0.352 e. The molecule has 1 atom stereocenters. The van der Waals surface area contributed by atoms with Crippen molar-refractivity contribution in [1.82, 2.24) is 19.7 Å². The first kappa shape index (κ1) is 23.6. The highest BCUT2D eigenvalue weighted by Crippen LogP contribution is 2.16. The van der Waals surface area contributed by atoms with Crippen molar-refractivity contribution in [1.29, 1.82) is 0 Å². The van der Waals surface area contributed by atoms with Crippen molar-refractivity contribution < 1.29 is 9.53 Å². The van der Waals surface area contributed by atoms with E-state index in [-0.39, 0.29) is 18.3 Å². The number of aromatic nitrogens is 3. The number of hydrogen-bond donors (Lipinski definition) is 1. The Kier molecular flexibility index (Phi) is 7.07. The van der Waals surface area contributed by atoms with Gasteiger partial charge in [0.15, 0.2) is 0 Å². The first-order chi connectivity index (χ1) is 16.3. The molecule has 3 aromatic rings. The lowest BCUT2D eigenvalue weighted by molar-refractivity contribution is 0.0849. The molecule has 0 saturated carbocycles. The smallest absolute Gasteiger partial charge is 0.352 e. The van der Waals surface area contributed by atoms with Crippen molar-refractivity contribution in [3.8, 4) is 5.69 Å². The predicted octanol–water partition coefficient (Wildman–Crippen LogP) is 2.78. The number of nitrogens with zero attached hydrogens (tertiary/aromatic N) is 3. The zero-order valence-corrected chi connectivity index (χ0v) is 19.8. The Hall–Kier alpha value is -3.52. The number of nitrogens with one attached hydrogen (secondary N) is 1. The van der Waals surface area contributed by atoms with Gasteiger partial charge in [0.2, 0.25) is 5.69 Å². The number of ether oxygens (including phenoxy) is 1. The van der Waals surface area contributed by atoms with Gasteiger partial charge < -0.3 is 10.1 Å². The average Bonchev–Trinajstić information content (AvgIpc) is 3.35. The standard InChI is InChI=1S/C26H30N4O4/c1-17(2)19-10-12-21(13-11-19)30-26(33)29(16-20-8-5-4-7-18(20)3)25(32)23(28-30)24(31)27-15-22-9-6-14-34-22/h4-5,7-8,10-13,17,22H,6,9,14-16H2,1-3H3,(H,27,31)/t22-/m1/s1. The van der Waals surface area contributed by atoms with Gasteiger partial charge in [-0.3, -0.25) is 14.2 Å². The normalized spacial score (nSPS) is 15.6. The van der Waals surface area contributed by atoms with E-state index in [1.165, 1.54) is 0 Å². The number of carbonyl (C=O) groups excluding carboxylic acids is 1. The summed E-state index contributed by atoms with van der Waals surface area (Å²) in [5, 5.41) is 6.96. The summed E-state index contributed by atoms with van der Waals surface area (Å²) in [6.07, 6.45) is 1.72. The molecule has 0 spiro atoms. The largest absolute Gasteiger partial charge is 0.376 e. The summed E-state index contributed by atoms with van der Waals surface area (Å²) in [5.41, 5.74) is 1.73. The van der Waals surface area contributed by atoms with E-state index in [1.807, 2.05) is 43.3 Å². The van der Waals surface area contributed by atoms with Crippen LogP contribution in [0.25, 0.3) is 5.69 Å². The van der Waals surface area contributed by atoms with E-state index in [0.717, 1.165) is 38.8 Å². The van der Waals surface area contributed by atoms with Crippen LogP contribution in [0, 0.1) is 6.92 Å². The first-order valence-electron chi connectivity index (χ1n) is 11.6. The molecule has 8 nitrogen and oxygen atoms in total. The molecule has 1 aliphatic heterocycles. The highest BCUT2D eigenvalue weighted by atomic mass is 16.5. The molecular formula is C26H30N4O4. The molecule has 0 radical (unpaired) electrons. The summed E-state index contributed by atoms with van der Waals surface area (Å²) in [5.74, 6) is -0.292. The zero-order valence-electron chi connectivity index (χ0n) is 19.8. The molecular weight excluding hydrogens is 432 g/mol. The molecule has 0 aliphatic carbocycles. The summed E-state index contributed by atoms with van der Waals surface area (Å²) < 4.78 is 7.76. The Labute approximate surface area is 198 Å². The third-order valence-corrected chi connectivity index (χ3v) is 6.18. The molecule has 1 aliphatic rings. The third kappa shape index (κ3) is 5.02. The van der Waals surface area contributed by atoms with Crippen LogP contribution in [0.4, 0.5) is 0 Å². The van der Waals surface area contributed by atoms with Crippen LogP contribution in [0.2, 0.25) is 0 Å². The summed E-state index contributed by atoms with van der Waals surface area (Å²) in [7, 11) is 0. The van der Waals surface area contributed by atoms with Crippen LogP contribution in [0.5, 0.6) is 0 Å². The fourth-order valence-corrected chi connectivity index (χ4v) is 4.02. The SMILES string of the molecule is Cc1ccccc1Cn1c(=O)c(C(=O)NC[C@H]2CCCO2)nn(-c2ccc(C(C)C)cc2)c1=O. The second-order valence-corrected chi connectivity index (χ2v) is 8.95. The lowest BCUT2D eigenvalue weighted by Crippen LogP contribution is -2.46. The van der Waals surface area contributed by atoms with Crippen LogP contribution in [0.3, 0.4) is 0 Å². The first-order valence-corrected chi connectivity index (χ1v) is 11.6.